The Morgan fingerprint density at radius 1 is 0.412 bits per heavy atom. The van der Waals surface area contributed by atoms with Gasteiger partial charge in [-0.1, -0.05) is 57.0 Å². The molecule has 0 radical (unpaired) electrons. The quantitative estimate of drug-likeness (QED) is 0.0222. The molecule has 34 nitrogen and oxygen atoms in total. The standard InChI is InChI=1S/C67H116N7O27P/c1-41(2)102(94,95)36-19-4-3-13-31-71-62(91)45(37-42-21-6-5-7-22-42)74-64(93)44(24-9-15-30-69-50(79)26-11-17-34-97-66-60(89)57(86)54(83)47(39-76)100-66)73-63(92)43(23-8-14-29-68-49(78)25-10-16-33-96-65-59(88)56(85)53(82)46(38-75)99-65)72-52(81)28-20-32-70-51(80)27-12-18-35-98-67-61(90)58(87)55(84)48(40-77)101-67/h5-7,21-22,41,43-48,53-61,65-67,75-77,82-90H,3-4,8-20,23-40H2,1-2H3,(H,68,78)(H,69,79)(H,70,80)(H,71,91)(H,72,81)(H,73,92)(H,74,93)(H,94,95)/t43-,44-,45-,46?,47?,48?,53+,54+,55+,56-,57-,58-,59?,60?,61?,65-,66-,67-/m0/s1. The Morgan fingerprint density at radius 3 is 1.19 bits per heavy atom. The summed E-state index contributed by atoms with van der Waals surface area (Å²) >= 11 is 0. The Balaban J connectivity index is 1.41. The first-order chi connectivity index (χ1) is 48.7. The molecule has 586 valence electrons. The molecule has 3 aliphatic heterocycles. The van der Waals surface area contributed by atoms with E-state index in [1.54, 1.807) is 44.2 Å². The molecule has 20 N–H and O–H groups in total. The summed E-state index contributed by atoms with van der Waals surface area (Å²) in [6, 6.07) is 5.25. The summed E-state index contributed by atoms with van der Waals surface area (Å²) in [6.07, 6.45) is -15.4. The van der Waals surface area contributed by atoms with Crippen LogP contribution in [0.5, 0.6) is 0 Å². The van der Waals surface area contributed by atoms with E-state index < -0.39 is 161 Å². The smallest absolute Gasteiger partial charge is 0.243 e. The summed E-state index contributed by atoms with van der Waals surface area (Å²) in [7, 11) is -3.26. The van der Waals surface area contributed by atoms with E-state index in [-0.39, 0.29) is 140 Å². The number of hydrogen-bond acceptors (Lipinski definition) is 26. The number of amides is 7. The maximum atomic E-state index is 14.6. The molecular weight excluding hydrogens is 1370 g/mol. The first-order valence-corrected chi connectivity index (χ1v) is 37.7. The van der Waals surface area contributed by atoms with Crippen LogP contribution in [0.25, 0.3) is 0 Å². The molecule has 3 fully saturated rings. The zero-order valence-electron chi connectivity index (χ0n) is 58.7. The third kappa shape index (κ3) is 32.4. The van der Waals surface area contributed by atoms with Crippen molar-refractivity contribution in [3.05, 3.63) is 35.9 Å². The average molecular weight is 1480 g/mol. The van der Waals surface area contributed by atoms with Crippen molar-refractivity contribution in [2.24, 2.45) is 0 Å². The van der Waals surface area contributed by atoms with E-state index >= 15 is 0 Å². The Kier molecular flexibility index (Phi) is 42.9. The molecule has 0 saturated carbocycles. The van der Waals surface area contributed by atoms with Gasteiger partial charge in [0.25, 0.3) is 0 Å². The highest BCUT2D eigenvalue weighted by Gasteiger charge is 2.46. The lowest BCUT2D eigenvalue weighted by Crippen LogP contribution is -2.59. The van der Waals surface area contributed by atoms with Crippen LogP contribution in [-0.2, 0) is 73.0 Å². The van der Waals surface area contributed by atoms with Crippen LogP contribution in [0.2, 0.25) is 0 Å². The van der Waals surface area contributed by atoms with E-state index in [2.05, 4.69) is 37.2 Å². The first-order valence-electron chi connectivity index (χ1n) is 35.8. The van der Waals surface area contributed by atoms with Gasteiger partial charge >= 0.3 is 0 Å². The van der Waals surface area contributed by atoms with E-state index in [1.807, 2.05) is 0 Å². The molecule has 0 bridgehead atoms. The number of carbonyl (C=O) groups excluding carboxylic acids is 7. The van der Waals surface area contributed by atoms with Crippen LogP contribution in [0, 0.1) is 0 Å². The number of hydrogen-bond donors (Lipinski definition) is 20. The molecule has 7 unspecified atom stereocenters. The minimum atomic E-state index is -3.26. The van der Waals surface area contributed by atoms with Gasteiger partial charge < -0.3 is 132 Å². The number of nitrogens with one attached hydrogen (secondary N) is 7. The van der Waals surface area contributed by atoms with Crippen LogP contribution in [0.4, 0.5) is 0 Å². The van der Waals surface area contributed by atoms with Crippen molar-refractivity contribution in [2.45, 2.75) is 271 Å². The second-order valence-corrected chi connectivity index (χ2v) is 29.4. The number of unbranched alkanes of at least 4 members (excludes halogenated alkanes) is 8. The second-order valence-electron chi connectivity index (χ2n) is 26.4. The van der Waals surface area contributed by atoms with E-state index in [4.69, 9.17) is 28.4 Å². The fraction of sp³-hybridized carbons (Fsp3) is 0.806. The van der Waals surface area contributed by atoms with Gasteiger partial charge in [0.15, 0.2) is 18.9 Å². The van der Waals surface area contributed by atoms with Gasteiger partial charge in [-0.25, -0.2) is 0 Å². The molecule has 3 saturated heterocycles. The van der Waals surface area contributed by atoms with Gasteiger partial charge in [-0.2, -0.15) is 0 Å². The van der Waals surface area contributed by atoms with Crippen LogP contribution in [0.3, 0.4) is 0 Å². The molecule has 0 spiro atoms. The Hall–Kier alpha value is -5.02. The van der Waals surface area contributed by atoms with Crippen molar-refractivity contribution in [3.8, 4) is 0 Å². The van der Waals surface area contributed by atoms with Crippen molar-refractivity contribution < 1.29 is 133 Å². The predicted octanol–water partition coefficient (Wildman–Crippen LogP) is -3.53. The largest absolute Gasteiger partial charge is 0.394 e. The Labute approximate surface area is 595 Å². The second kappa shape index (κ2) is 49.0. The lowest BCUT2D eigenvalue weighted by Gasteiger charge is -2.39. The molecular formula is C67H116N7O27P. The van der Waals surface area contributed by atoms with Gasteiger partial charge in [0.1, 0.15) is 91.4 Å². The fourth-order valence-electron chi connectivity index (χ4n) is 11.3. The average Bonchev–Trinajstić information content (AvgIpc) is 0.836. The van der Waals surface area contributed by atoms with Crippen LogP contribution < -0.4 is 37.2 Å². The van der Waals surface area contributed by atoms with Crippen LogP contribution in [0.1, 0.15) is 154 Å². The molecule has 102 heavy (non-hydrogen) atoms. The van der Waals surface area contributed by atoms with Crippen LogP contribution >= 0.6 is 7.37 Å². The topological polar surface area (TPSA) is 539 Å². The first kappa shape index (κ1) is 89.4. The summed E-state index contributed by atoms with van der Waals surface area (Å²) in [4.78, 5) is 106. The van der Waals surface area contributed by atoms with Gasteiger partial charge in [-0.3, -0.25) is 38.1 Å². The number of rotatable bonds is 51. The van der Waals surface area contributed by atoms with Crippen molar-refractivity contribution in [1.29, 1.82) is 0 Å². The maximum Gasteiger partial charge on any atom is 0.243 e. The third-order valence-corrected chi connectivity index (χ3v) is 20.5. The molecule has 7 amide bonds. The Morgan fingerprint density at radius 2 is 0.775 bits per heavy atom. The SMILES string of the molecule is CC(C)P(=O)(O)CCCCCCNC(=O)[C@H](Cc1ccccc1)NC(=O)[C@H](CCCCNC(=O)CCCCO[C@H]1OC(CO)[C@@H](O)[C@H](O)C1O)NC(=O)[C@H](CCCCNC(=O)CCCCO[C@H]1OC(CO)[C@@H](O)[C@H](O)C1O)NC(=O)CCCNC(=O)CCCCO[C@H]1OC(CO)[C@@H](O)[C@H](O)C1O. The van der Waals surface area contributed by atoms with Crippen molar-refractivity contribution in [3.63, 3.8) is 0 Å². The summed E-state index contributed by atoms with van der Waals surface area (Å²) in [5.41, 5.74) is 0.360. The van der Waals surface area contributed by atoms with Gasteiger partial charge in [0.2, 0.25) is 48.7 Å². The predicted molar refractivity (Wildman–Crippen MR) is 364 cm³/mol. The molecule has 0 aliphatic carbocycles. The summed E-state index contributed by atoms with van der Waals surface area (Å²) in [5, 5.41) is 139. The number of benzene rings is 1. The monoisotopic (exact) mass is 1480 g/mol. The number of aliphatic hydroxyl groups is 12. The molecule has 1 aromatic carbocycles. The van der Waals surface area contributed by atoms with E-state index in [0.717, 1.165) is 0 Å². The highest BCUT2D eigenvalue weighted by atomic mass is 31.2. The summed E-state index contributed by atoms with van der Waals surface area (Å²) in [6.45, 7) is 2.24. The van der Waals surface area contributed by atoms with E-state index in [1.165, 1.54) is 0 Å². The molecule has 3 heterocycles. The molecule has 19 atom stereocenters. The summed E-state index contributed by atoms with van der Waals surface area (Å²) < 4.78 is 45.0. The summed E-state index contributed by atoms with van der Waals surface area (Å²) in [5.74, 6) is -3.50. The van der Waals surface area contributed by atoms with E-state index in [0.29, 0.717) is 82.6 Å². The maximum absolute atomic E-state index is 14.6. The third-order valence-electron chi connectivity index (χ3n) is 17.9. The number of carbonyl (C=O) groups is 7. The Bertz CT molecular complexity index is 2640. The van der Waals surface area contributed by atoms with Crippen LogP contribution in [0.15, 0.2) is 30.3 Å². The highest BCUT2D eigenvalue weighted by Crippen LogP contribution is 2.46. The molecule has 4 rings (SSSR count). The van der Waals surface area contributed by atoms with Crippen LogP contribution in [-0.4, -0.2) is 295 Å². The highest BCUT2D eigenvalue weighted by molar-refractivity contribution is 7.58. The van der Waals surface area contributed by atoms with Crippen molar-refractivity contribution >= 4 is 48.7 Å². The van der Waals surface area contributed by atoms with Gasteiger partial charge in [-0.05, 0) is 102 Å². The normalized spacial score (nSPS) is 26.6. The molecule has 35 heteroatoms. The lowest BCUT2D eigenvalue weighted by atomic mass is 9.99. The van der Waals surface area contributed by atoms with Gasteiger partial charge in [-0.15, -0.1) is 0 Å². The fourth-order valence-corrected chi connectivity index (χ4v) is 12.5. The minimum absolute atomic E-state index is 0.00244. The van der Waals surface area contributed by atoms with Crippen molar-refractivity contribution in [2.75, 3.05) is 72.0 Å². The molecule has 1 aromatic rings. The van der Waals surface area contributed by atoms with E-state index in [9.17, 15) is 104 Å². The number of aliphatic hydroxyl groups excluding tert-OH is 12. The zero-order chi connectivity index (χ0) is 75.2. The zero-order valence-corrected chi connectivity index (χ0v) is 59.6. The number of ether oxygens (including phenoxy) is 6. The van der Waals surface area contributed by atoms with Crippen molar-refractivity contribution in [1.82, 2.24) is 37.2 Å². The van der Waals surface area contributed by atoms with Gasteiger partial charge in [0, 0.05) is 89.9 Å². The van der Waals surface area contributed by atoms with Gasteiger partial charge in [0.05, 0.1) is 19.8 Å². The molecule has 0 aromatic heterocycles. The lowest BCUT2D eigenvalue weighted by molar-refractivity contribution is -0.301. The molecule has 3 aliphatic rings. The minimum Gasteiger partial charge on any atom is -0.394 e.